The first-order valence-electron chi connectivity index (χ1n) is 11.7. The van der Waals surface area contributed by atoms with Crippen LogP contribution in [0.2, 0.25) is 0 Å². The molecule has 0 radical (unpaired) electrons. The molecule has 1 saturated heterocycles. The summed E-state index contributed by atoms with van der Waals surface area (Å²) in [6, 6.07) is 7.14. The van der Waals surface area contributed by atoms with Crippen LogP contribution in [0.4, 0.5) is 29.3 Å². The number of aliphatic hydroxyl groups is 1. The Morgan fingerprint density at radius 1 is 1.11 bits per heavy atom. The summed E-state index contributed by atoms with van der Waals surface area (Å²) in [5.41, 5.74) is 1.85. The number of urea groups is 1. The molecule has 12 heteroatoms. The van der Waals surface area contributed by atoms with Crippen LogP contribution in [0.25, 0.3) is 0 Å². The summed E-state index contributed by atoms with van der Waals surface area (Å²) < 4.78 is 42.2. The summed E-state index contributed by atoms with van der Waals surface area (Å²) in [5.74, 6) is -5.72. The molecule has 2 aliphatic rings. The van der Waals surface area contributed by atoms with Gasteiger partial charge in [-0.3, -0.25) is 4.68 Å². The highest BCUT2D eigenvalue weighted by atomic mass is 19.2. The molecule has 1 fully saturated rings. The first-order valence-corrected chi connectivity index (χ1v) is 11.7. The number of hydrogen-bond acceptors (Lipinski definition) is 5. The SMILES string of the molecule is C[C@H]1Cn2ncc(N3CC(c4ccccc4C(=O)O)CC3O)c2CN1C(=O)Nc1cc(F)c(F)c(F)c1. The number of carbonyl (C=O) groups excluding carboxylic acids is 1. The van der Waals surface area contributed by atoms with Crippen LogP contribution < -0.4 is 10.2 Å². The lowest BCUT2D eigenvalue weighted by Gasteiger charge is -2.35. The molecule has 0 aliphatic carbocycles. The molecule has 3 N–H and O–H groups in total. The van der Waals surface area contributed by atoms with E-state index < -0.39 is 35.7 Å². The fourth-order valence-corrected chi connectivity index (χ4v) is 5.07. The number of benzene rings is 2. The molecule has 37 heavy (non-hydrogen) atoms. The van der Waals surface area contributed by atoms with Gasteiger partial charge in [-0.2, -0.15) is 5.10 Å². The second kappa shape index (κ2) is 9.43. The third-order valence-corrected chi connectivity index (χ3v) is 6.92. The minimum Gasteiger partial charge on any atom is -0.478 e. The smallest absolute Gasteiger partial charge is 0.335 e. The summed E-state index contributed by atoms with van der Waals surface area (Å²) >= 11 is 0. The molecular weight excluding hydrogens is 491 g/mol. The maximum Gasteiger partial charge on any atom is 0.335 e. The van der Waals surface area contributed by atoms with Crippen LogP contribution in [0.5, 0.6) is 0 Å². The highest BCUT2D eigenvalue weighted by molar-refractivity contribution is 5.90. The van der Waals surface area contributed by atoms with E-state index >= 15 is 0 Å². The fourth-order valence-electron chi connectivity index (χ4n) is 5.07. The van der Waals surface area contributed by atoms with Crippen LogP contribution >= 0.6 is 0 Å². The van der Waals surface area contributed by atoms with Gasteiger partial charge in [-0.25, -0.2) is 22.8 Å². The Labute approximate surface area is 209 Å². The quantitative estimate of drug-likeness (QED) is 0.457. The number of nitrogens with one attached hydrogen (secondary N) is 1. The van der Waals surface area contributed by atoms with E-state index in [0.29, 0.717) is 48.6 Å². The number of carboxylic acid groups (broad SMARTS) is 1. The van der Waals surface area contributed by atoms with Crippen molar-refractivity contribution < 1.29 is 33.0 Å². The first-order chi connectivity index (χ1) is 17.6. The minimum absolute atomic E-state index is 0.0914. The number of aromatic carboxylic acids is 1. The molecule has 1 aromatic heterocycles. The van der Waals surface area contributed by atoms with Crippen molar-refractivity contribution >= 4 is 23.4 Å². The molecule has 3 aromatic rings. The average molecular weight is 515 g/mol. The van der Waals surface area contributed by atoms with Gasteiger partial charge < -0.3 is 25.3 Å². The Balaban J connectivity index is 1.37. The van der Waals surface area contributed by atoms with Crippen molar-refractivity contribution in [3.8, 4) is 0 Å². The van der Waals surface area contributed by atoms with Crippen LogP contribution in [-0.2, 0) is 13.1 Å². The Morgan fingerprint density at radius 2 is 1.81 bits per heavy atom. The highest BCUT2D eigenvalue weighted by Gasteiger charge is 2.38. The molecule has 2 amide bonds. The molecule has 0 spiro atoms. The third-order valence-electron chi connectivity index (χ3n) is 6.92. The lowest BCUT2D eigenvalue weighted by molar-refractivity contribution is 0.0694. The van der Waals surface area contributed by atoms with Gasteiger partial charge in [-0.1, -0.05) is 18.2 Å². The zero-order chi connectivity index (χ0) is 26.4. The van der Waals surface area contributed by atoms with Gasteiger partial charge in [0.15, 0.2) is 17.5 Å². The van der Waals surface area contributed by atoms with Crippen molar-refractivity contribution in [2.75, 3.05) is 16.8 Å². The number of halogens is 3. The molecule has 2 aromatic carbocycles. The number of aromatic nitrogens is 2. The predicted molar refractivity (Wildman–Crippen MR) is 127 cm³/mol. The van der Waals surface area contributed by atoms with Crippen LogP contribution in [0, 0.1) is 17.5 Å². The summed E-state index contributed by atoms with van der Waals surface area (Å²) in [7, 11) is 0. The Hall–Kier alpha value is -4.06. The van der Waals surface area contributed by atoms with Crippen LogP contribution in [-0.4, -0.2) is 55.7 Å². The number of fused-ring (bicyclic) bond motifs is 1. The maximum atomic E-state index is 13.6. The van der Waals surface area contributed by atoms with Gasteiger partial charge >= 0.3 is 12.0 Å². The van der Waals surface area contributed by atoms with E-state index in [2.05, 4.69) is 10.4 Å². The van der Waals surface area contributed by atoms with E-state index in [0.717, 1.165) is 0 Å². The number of rotatable bonds is 4. The van der Waals surface area contributed by atoms with E-state index in [4.69, 9.17) is 0 Å². The number of aliphatic hydroxyl groups excluding tert-OH is 1. The van der Waals surface area contributed by atoms with Crippen LogP contribution in [0.1, 0.15) is 40.9 Å². The molecule has 2 aliphatic heterocycles. The zero-order valence-corrected chi connectivity index (χ0v) is 19.7. The van der Waals surface area contributed by atoms with Crippen LogP contribution in [0.3, 0.4) is 0 Å². The van der Waals surface area contributed by atoms with Crippen molar-refractivity contribution in [1.29, 1.82) is 0 Å². The number of anilines is 2. The van der Waals surface area contributed by atoms with E-state index in [1.165, 1.54) is 11.0 Å². The molecule has 3 atom stereocenters. The second-order valence-corrected chi connectivity index (χ2v) is 9.28. The lowest BCUT2D eigenvalue weighted by Crippen LogP contribution is -2.47. The van der Waals surface area contributed by atoms with E-state index in [9.17, 15) is 33.0 Å². The number of carbonyl (C=O) groups is 2. The molecule has 194 valence electrons. The Kier molecular flexibility index (Phi) is 6.28. The van der Waals surface area contributed by atoms with E-state index in [-0.39, 0.29) is 29.8 Å². The van der Waals surface area contributed by atoms with Crippen molar-refractivity contribution in [2.24, 2.45) is 0 Å². The standard InChI is InChI=1S/C25H24F3N5O4/c1-13-10-33-21(12-31(13)25(37)30-15-7-18(26)23(28)19(27)8-15)20(9-29-33)32-11-14(6-22(32)34)16-4-2-3-5-17(16)24(35)36/h2-5,7-9,13-14,22,34H,6,10-12H2,1H3,(H,30,37)(H,35,36)/t13-,14?,22?/m0/s1. The lowest BCUT2D eigenvalue weighted by atomic mass is 9.93. The molecule has 2 unspecified atom stereocenters. The molecule has 0 saturated carbocycles. The number of hydrogen-bond donors (Lipinski definition) is 3. The second-order valence-electron chi connectivity index (χ2n) is 9.28. The van der Waals surface area contributed by atoms with Gasteiger partial charge in [0.2, 0.25) is 0 Å². The topological polar surface area (TPSA) is 111 Å². The average Bonchev–Trinajstić information content (AvgIpc) is 3.44. The van der Waals surface area contributed by atoms with Crippen LogP contribution in [0.15, 0.2) is 42.6 Å². The largest absolute Gasteiger partial charge is 0.478 e. The summed E-state index contributed by atoms with van der Waals surface area (Å²) in [4.78, 5) is 27.9. The Bertz CT molecular complexity index is 1360. The predicted octanol–water partition coefficient (Wildman–Crippen LogP) is 3.75. The molecule has 5 rings (SSSR count). The summed E-state index contributed by atoms with van der Waals surface area (Å²) in [6.07, 6.45) is 1.02. The molecule has 0 bridgehead atoms. The fraction of sp³-hybridized carbons (Fsp3) is 0.320. The van der Waals surface area contributed by atoms with Gasteiger partial charge in [0.1, 0.15) is 6.23 Å². The van der Waals surface area contributed by atoms with Gasteiger partial charge in [-0.05, 0) is 18.6 Å². The third kappa shape index (κ3) is 4.48. The normalized spacial score (nSPS) is 21.2. The van der Waals surface area contributed by atoms with Gasteiger partial charge in [0.05, 0.1) is 42.3 Å². The molecule has 3 heterocycles. The van der Waals surface area contributed by atoms with Gasteiger partial charge in [-0.15, -0.1) is 0 Å². The van der Waals surface area contributed by atoms with Crippen molar-refractivity contribution in [2.45, 2.75) is 44.6 Å². The minimum atomic E-state index is -1.62. The van der Waals surface area contributed by atoms with Crippen molar-refractivity contribution in [3.05, 3.63) is 76.9 Å². The van der Waals surface area contributed by atoms with Gasteiger partial charge in [0.25, 0.3) is 0 Å². The van der Waals surface area contributed by atoms with Crippen molar-refractivity contribution in [3.63, 3.8) is 0 Å². The number of nitrogens with zero attached hydrogens (tertiary/aromatic N) is 4. The molecule has 9 nitrogen and oxygen atoms in total. The monoisotopic (exact) mass is 515 g/mol. The highest BCUT2D eigenvalue weighted by Crippen LogP contribution is 2.38. The van der Waals surface area contributed by atoms with E-state index in [1.807, 2.05) is 0 Å². The number of amides is 2. The first kappa shape index (κ1) is 24.6. The Morgan fingerprint density at radius 3 is 2.51 bits per heavy atom. The van der Waals surface area contributed by atoms with E-state index in [1.54, 1.807) is 40.9 Å². The van der Waals surface area contributed by atoms with Gasteiger partial charge in [0, 0.05) is 36.7 Å². The summed E-state index contributed by atoms with van der Waals surface area (Å²) in [5, 5.41) is 27.2. The maximum absolute atomic E-state index is 13.6. The summed E-state index contributed by atoms with van der Waals surface area (Å²) in [6.45, 7) is 2.57. The number of carboxylic acids is 1. The van der Waals surface area contributed by atoms with Crippen molar-refractivity contribution in [1.82, 2.24) is 14.7 Å². The molecular formula is C25H24F3N5O4. The zero-order valence-electron chi connectivity index (χ0n) is 19.7.